The van der Waals surface area contributed by atoms with Crippen LogP contribution in [0.25, 0.3) is 0 Å². The lowest BCUT2D eigenvalue weighted by Crippen LogP contribution is -2.54. The van der Waals surface area contributed by atoms with E-state index in [2.05, 4.69) is 5.32 Å². The number of nitrogens with zero attached hydrogens (tertiary/aromatic N) is 1. The summed E-state index contributed by atoms with van der Waals surface area (Å²) in [7, 11) is 0. The van der Waals surface area contributed by atoms with Gasteiger partial charge in [0.2, 0.25) is 0 Å². The molecule has 0 atom stereocenters. The lowest BCUT2D eigenvalue weighted by atomic mass is 9.99. The highest BCUT2D eigenvalue weighted by molar-refractivity contribution is 5.80. The molecule has 0 aromatic carbocycles. The van der Waals surface area contributed by atoms with Gasteiger partial charge in [0.05, 0.1) is 0 Å². The topological polar surface area (TPSA) is 69.6 Å². The molecule has 1 fully saturated rings. The molecule has 5 heteroatoms. The van der Waals surface area contributed by atoms with Crippen LogP contribution in [-0.2, 0) is 4.79 Å². The zero-order valence-corrected chi connectivity index (χ0v) is 11.0. The van der Waals surface area contributed by atoms with Gasteiger partial charge >= 0.3 is 12.0 Å². The highest BCUT2D eigenvalue weighted by Crippen LogP contribution is 2.39. The Labute approximate surface area is 102 Å². The first-order valence-electron chi connectivity index (χ1n) is 6.04. The van der Waals surface area contributed by atoms with Crippen LogP contribution in [0.1, 0.15) is 40.5 Å². The van der Waals surface area contributed by atoms with Gasteiger partial charge in [0.1, 0.15) is 6.54 Å². The number of carboxylic acids is 1. The summed E-state index contributed by atoms with van der Waals surface area (Å²) in [6, 6.07) is -0.416. The summed E-state index contributed by atoms with van der Waals surface area (Å²) < 4.78 is 0. The third kappa shape index (κ3) is 3.91. The van der Waals surface area contributed by atoms with E-state index in [9.17, 15) is 9.59 Å². The van der Waals surface area contributed by atoms with E-state index in [0.717, 1.165) is 12.8 Å². The van der Waals surface area contributed by atoms with Gasteiger partial charge < -0.3 is 15.3 Å². The van der Waals surface area contributed by atoms with Crippen LogP contribution in [-0.4, -0.2) is 40.1 Å². The number of aliphatic carboxylic acids is 1. The normalized spacial score (nSPS) is 15.8. The SMILES string of the molecule is CC(C)N(CC(=O)O)C(=O)NC(C)(C)C1CC1. The molecular weight excluding hydrogens is 220 g/mol. The smallest absolute Gasteiger partial charge is 0.323 e. The molecule has 0 bridgehead atoms. The predicted octanol–water partition coefficient (Wildman–Crippen LogP) is 1.68. The molecule has 1 saturated carbocycles. The predicted molar refractivity (Wildman–Crippen MR) is 64.8 cm³/mol. The highest BCUT2D eigenvalue weighted by Gasteiger charge is 2.39. The van der Waals surface area contributed by atoms with E-state index in [-0.39, 0.29) is 24.2 Å². The van der Waals surface area contributed by atoms with Crippen LogP contribution in [0.2, 0.25) is 0 Å². The number of carbonyl (C=O) groups excluding carboxylic acids is 1. The third-order valence-electron chi connectivity index (χ3n) is 3.22. The standard InChI is InChI=1S/C12H22N2O3/c1-8(2)14(7-10(15)16)11(17)13-12(3,4)9-5-6-9/h8-9H,5-7H2,1-4H3,(H,13,17)(H,15,16). The molecule has 17 heavy (non-hydrogen) atoms. The zero-order chi connectivity index (χ0) is 13.2. The average molecular weight is 242 g/mol. The minimum Gasteiger partial charge on any atom is -0.480 e. The van der Waals surface area contributed by atoms with Gasteiger partial charge in [0.15, 0.2) is 0 Å². The number of hydrogen-bond donors (Lipinski definition) is 2. The molecule has 2 amide bonds. The van der Waals surface area contributed by atoms with Crippen molar-refractivity contribution < 1.29 is 14.7 Å². The molecular formula is C12H22N2O3. The minimum absolute atomic E-state index is 0.124. The van der Waals surface area contributed by atoms with Crippen molar-refractivity contribution in [3.63, 3.8) is 0 Å². The maximum atomic E-state index is 12.0. The Balaban J connectivity index is 2.61. The van der Waals surface area contributed by atoms with Crippen LogP contribution in [0.15, 0.2) is 0 Å². The number of hydrogen-bond acceptors (Lipinski definition) is 2. The molecule has 0 aromatic rings. The molecule has 2 N–H and O–H groups in total. The second kappa shape index (κ2) is 4.94. The van der Waals surface area contributed by atoms with Gasteiger partial charge in [-0.3, -0.25) is 4.79 Å². The quantitative estimate of drug-likeness (QED) is 0.770. The average Bonchev–Trinajstić information content (AvgIpc) is 2.95. The fraction of sp³-hybridized carbons (Fsp3) is 0.833. The number of amides is 2. The van der Waals surface area contributed by atoms with Gasteiger partial charge in [-0.2, -0.15) is 0 Å². The Kier molecular flexibility index (Phi) is 4.01. The van der Waals surface area contributed by atoms with Crippen molar-refractivity contribution in [2.45, 2.75) is 52.1 Å². The maximum absolute atomic E-state index is 12.0. The van der Waals surface area contributed by atoms with E-state index < -0.39 is 5.97 Å². The first-order chi connectivity index (χ1) is 7.74. The molecule has 98 valence electrons. The van der Waals surface area contributed by atoms with Crippen molar-refractivity contribution in [1.82, 2.24) is 10.2 Å². The van der Waals surface area contributed by atoms with Gasteiger partial charge in [0.25, 0.3) is 0 Å². The molecule has 0 aromatic heterocycles. The van der Waals surface area contributed by atoms with Gasteiger partial charge in [-0.1, -0.05) is 0 Å². The molecule has 0 heterocycles. The van der Waals surface area contributed by atoms with E-state index in [1.54, 1.807) is 0 Å². The molecule has 1 rings (SSSR count). The first kappa shape index (κ1) is 13.8. The molecule has 1 aliphatic rings. The molecule has 1 aliphatic carbocycles. The van der Waals surface area contributed by atoms with Crippen LogP contribution in [0.3, 0.4) is 0 Å². The Morgan fingerprint density at radius 1 is 1.41 bits per heavy atom. The third-order valence-corrected chi connectivity index (χ3v) is 3.22. The van der Waals surface area contributed by atoms with Crippen molar-refractivity contribution >= 4 is 12.0 Å². The van der Waals surface area contributed by atoms with Crippen LogP contribution >= 0.6 is 0 Å². The first-order valence-corrected chi connectivity index (χ1v) is 6.04. The van der Waals surface area contributed by atoms with Crippen molar-refractivity contribution in [3.05, 3.63) is 0 Å². The monoisotopic (exact) mass is 242 g/mol. The summed E-state index contributed by atoms with van der Waals surface area (Å²) in [6.07, 6.45) is 2.27. The largest absolute Gasteiger partial charge is 0.480 e. The number of rotatable bonds is 5. The van der Waals surface area contributed by atoms with Crippen molar-refractivity contribution in [3.8, 4) is 0 Å². The summed E-state index contributed by atoms with van der Waals surface area (Å²) in [5.74, 6) is -0.469. The number of carboxylic acid groups (broad SMARTS) is 1. The number of carbonyl (C=O) groups is 2. The van der Waals surface area contributed by atoms with Crippen molar-refractivity contribution in [1.29, 1.82) is 0 Å². The lowest BCUT2D eigenvalue weighted by Gasteiger charge is -2.32. The van der Waals surface area contributed by atoms with Crippen LogP contribution in [0.4, 0.5) is 4.79 Å². The lowest BCUT2D eigenvalue weighted by molar-refractivity contribution is -0.138. The van der Waals surface area contributed by atoms with Crippen LogP contribution in [0.5, 0.6) is 0 Å². The van der Waals surface area contributed by atoms with E-state index in [1.165, 1.54) is 4.90 Å². The van der Waals surface area contributed by atoms with Gasteiger partial charge in [-0.05, 0) is 46.5 Å². The molecule has 5 nitrogen and oxygen atoms in total. The van der Waals surface area contributed by atoms with Crippen molar-refractivity contribution in [2.24, 2.45) is 5.92 Å². The molecule has 0 saturated heterocycles. The van der Waals surface area contributed by atoms with E-state index in [0.29, 0.717) is 5.92 Å². The molecule has 0 aliphatic heterocycles. The fourth-order valence-electron chi connectivity index (χ4n) is 1.89. The van der Waals surface area contributed by atoms with E-state index in [4.69, 9.17) is 5.11 Å². The summed E-state index contributed by atoms with van der Waals surface area (Å²) in [4.78, 5) is 24.1. The van der Waals surface area contributed by atoms with Gasteiger partial charge in [-0.25, -0.2) is 4.79 Å². The van der Waals surface area contributed by atoms with Gasteiger partial charge in [-0.15, -0.1) is 0 Å². The molecule has 0 radical (unpaired) electrons. The van der Waals surface area contributed by atoms with Crippen LogP contribution in [0, 0.1) is 5.92 Å². The minimum atomic E-state index is -0.988. The van der Waals surface area contributed by atoms with Gasteiger partial charge in [0, 0.05) is 11.6 Å². The second-order valence-electron chi connectivity index (χ2n) is 5.54. The Hall–Kier alpha value is -1.26. The number of urea groups is 1. The Morgan fingerprint density at radius 2 is 1.94 bits per heavy atom. The number of nitrogens with one attached hydrogen (secondary N) is 1. The van der Waals surface area contributed by atoms with Crippen molar-refractivity contribution in [2.75, 3.05) is 6.54 Å². The fourth-order valence-corrected chi connectivity index (χ4v) is 1.89. The Morgan fingerprint density at radius 3 is 2.29 bits per heavy atom. The summed E-state index contributed by atoms with van der Waals surface area (Å²) in [5.41, 5.74) is -0.247. The Bertz CT molecular complexity index is 309. The second-order valence-corrected chi connectivity index (χ2v) is 5.54. The summed E-state index contributed by atoms with van der Waals surface area (Å²) >= 11 is 0. The zero-order valence-electron chi connectivity index (χ0n) is 11.0. The van der Waals surface area contributed by atoms with E-state index in [1.807, 2.05) is 27.7 Å². The van der Waals surface area contributed by atoms with E-state index >= 15 is 0 Å². The molecule has 0 unspecified atom stereocenters. The maximum Gasteiger partial charge on any atom is 0.323 e. The summed E-state index contributed by atoms with van der Waals surface area (Å²) in [6.45, 7) is 7.34. The molecule has 0 spiro atoms. The summed E-state index contributed by atoms with van der Waals surface area (Å²) in [5, 5.41) is 11.7. The highest BCUT2D eigenvalue weighted by atomic mass is 16.4. The van der Waals surface area contributed by atoms with Crippen LogP contribution < -0.4 is 5.32 Å².